The maximum Gasteiger partial charge on any atom is 0.246 e. The van der Waals surface area contributed by atoms with Crippen molar-refractivity contribution in [3.63, 3.8) is 0 Å². The number of para-hydroxylation sites is 1. The van der Waals surface area contributed by atoms with Gasteiger partial charge < -0.3 is 20.1 Å². The summed E-state index contributed by atoms with van der Waals surface area (Å²) in [5, 5.41) is 6.23. The SMILES string of the molecule is C[C@@H](Nc1ccc2c(c1)OCO2)C(=O)Nc1ccccc1-c1ccccc1. The number of hydrogen-bond donors (Lipinski definition) is 2. The molecule has 136 valence electrons. The largest absolute Gasteiger partial charge is 0.454 e. The quantitative estimate of drug-likeness (QED) is 0.702. The number of rotatable bonds is 5. The molecular weight excluding hydrogens is 340 g/mol. The van der Waals surface area contributed by atoms with Gasteiger partial charge in [-0.1, -0.05) is 48.5 Å². The molecule has 0 radical (unpaired) electrons. The summed E-state index contributed by atoms with van der Waals surface area (Å²) in [5.74, 6) is 1.28. The molecule has 1 aliphatic heterocycles. The van der Waals surface area contributed by atoms with E-state index in [1.165, 1.54) is 0 Å². The molecular formula is C22H20N2O3. The van der Waals surface area contributed by atoms with Crippen molar-refractivity contribution in [2.75, 3.05) is 17.4 Å². The van der Waals surface area contributed by atoms with Crippen LogP contribution in [0.25, 0.3) is 11.1 Å². The van der Waals surface area contributed by atoms with Gasteiger partial charge in [-0.25, -0.2) is 0 Å². The van der Waals surface area contributed by atoms with E-state index in [2.05, 4.69) is 10.6 Å². The first-order chi connectivity index (χ1) is 13.2. The Bertz CT molecular complexity index is 957. The number of carbonyl (C=O) groups excluding carboxylic acids is 1. The zero-order valence-electron chi connectivity index (χ0n) is 14.9. The Morgan fingerprint density at radius 2 is 1.67 bits per heavy atom. The predicted octanol–water partition coefficient (Wildman–Crippen LogP) is 4.52. The van der Waals surface area contributed by atoms with Crippen molar-refractivity contribution in [1.82, 2.24) is 0 Å². The lowest BCUT2D eigenvalue weighted by atomic mass is 10.0. The first-order valence-corrected chi connectivity index (χ1v) is 8.82. The summed E-state index contributed by atoms with van der Waals surface area (Å²) in [6.45, 7) is 2.05. The number of hydrogen-bond acceptors (Lipinski definition) is 4. The van der Waals surface area contributed by atoms with Crippen molar-refractivity contribution in [2.45, 2.75) is 13.0 Å². The molecule has 5 nitrogen and oxygen atoms in total. The Morgan fingerprint density at radius 1 is 0.926 bits per heavy atom. The minimum atomic E-state index is -0.422. The number of nitrogens with one attached hydrogen (secondary N) is 2. The maximum atomic E-state index is 12.7. The van der Waals surface area contributed by atoms with Crippen molar-refractivity contribution < 1.29 is 14.3 Å². The topological polar surface area (TPSA) is 59.6 Å². The van der Waals surface area contributed by atoms with Crippen molar-refractivity contribution in [3.05, 3.63) is 72.8 Å². The predicted molar refractivity (Wildman–Crippen MR) is 106 cm³/mol. The van der Waals surface area contributed by atoms with Gasteiger partial charge in [0.15, 0.2) is 11.5 Å². The fraction of sp³-hybridized carbons (Fsp3) is 0.136. The molecule has 0 fully saturated rings. The van der Waals surface area contributed by atoms with Gasteiger partial charge in [0.1, 0.15) is 6.04 Å². The highest BCUT2D eigenvalue weighted by molar-refractivity contribution is 5.99. The van der Waals surface area contributed by atoms with Crippen LogP contribution in [0.15, 0.2) is 72.8 Å². The fourth-order valence-electron chi connectivity index (χ4n) is 3.00. The fourth-order valence-corrected chi connectivity index (χ4v) is 3.00. The molecule has 1 amide bonds. The van der Waals surface area contributed by atoms with E-state index in [0.29, 0.717) is 5.75 Å². The Labute approximate surface area is 157 Å². The molecule has 27 heavy (non-hydrogen) atoms. The van der Waals surface area contributed by atoms with E-state index in [1.807, 2.05) is 79.7 Å². The summed E-state index contributed by atoms with van der Waals surface area (Å²) in [6, 6.07) is 22.9. The molecule has 0 saturated heterocycles. The van der Waals surface area contributed by atoms with Crippen LogP contribution in [-0.4, -0.2) is 18.7 Å². The molecule has 3 aromatic carbocycles. The van der Waals surface area contributed by atoms with Crippen LogP contribution in [0.3, 0.4) is 0 Å². The van der Waals surface area contributed by atoms with Gasteiger partial charge in [-0.3, -0.25) is 4.79 Å². The van der Waals surface area contributed by atoms with Crippen molar-refractivity contribution in [3.8, 4) is 22.6 Å². The average Bonchev–Trinajstić information content (AvgIpc) is 3.17. The maximum absolute atomic E-state index is 12.7. The summed E-state index contributed by atoms with van der Waals surface area (Å²) in [5.41, 5.74) is 3.64. The Kier molecular flexibility index (Phi) is 4.66. The molecule has 0 spiro atoms. The highest BCUT2D eigenvalue weighted by atomic mass is 16.7. The molecule has 0 aliphatic carbocycles. The number of fused-ring (bicyclic) bond motifs is 1. The minimum absolute atomic E-state index is 0.115. The van der Waals surface area contributed by atoms with Gasteiger partial charge >= 0.3 is 0 Å². The van der Waals surface area contributed by atoms with Crippen LogP contribution in [0.4, 0.5) is 11.4 Å². The number of ether oxygens (including phenoxy) is 2. The second kappa shape index (κ2) is 7.41. The van der Waals surface area contributed by atoms with Crippen molar-refractivity contribution in [1.29, 1.82) is 0 Å². The lowest BCUT2D eigenvalue weighted by Crippen LogP contribution is -2.32. The van der Waals surface area contributed by atoms with E-state index >= 15 is 0 Å². The summed E-state index contributed by atoms with van der Waals surface area (Å²) >= 11 is 0. The number of carbonyl (C=O) groups is 1. The van der Waals surface area contributed by atoms with E-state index < -0.39 is 6.04 Å². The van der Waals surface area contributed by atoms with E-state index in [4.69, 9.17) is 9.47 Å². The van der Waals surface area contributed by atoms with Gasteiger partial charge in [-0.15, -0.1) is 0 Å². The molecule has 4 rings (SSSR count). The lowest BCUT2D eigenvalue weighted by Gasteiger charge is -2.17. The second-order valence-electron chi connectivity index (χ2n) is 6.33. The van der Waals surface area contributed by atoms with Gasteiger partial charge in [0.2, 0.25) is 12.7 Å². The van der Waals surface area contributed by atoms with Crippen LogP contribution in [0.1, 0.15) is 6.92 Å². The van der Waals surface area contributed by atoms with Crippen LogP contribution in [-0.2, 0) is 4.79 Å². The third kappa shape index (κ3) is 3.72. The Balaban J connectivity index is 1.48. The van der Waals surface area contributed by atoms with Crippen LogP contribution in [0.5, 0.6) is 11.5 Å². The normalized spacial score (nSPS) is 13.1. The van der Waals surface area contributed by atoms with E-state index in [-0.39, 0.29) is 12.7 Å². The van der Waals surface area contributed by atoms with Crippen LogP contribution in [0, 0.1) is 0 Å². The van der Waals surface area contributed by atoms with E-state index in [1.54, 1.807) is 0 Å². The molecule has 0 saturated carbocycles. The van der Waals surface area contributed by atoms with Crippen molar-refractivity contribution in [2.24, 2.45) is 0 Å². The summed E-state index contributed by atoms with van der Waals surface area (Å²) in [7, 11) is 0. The first-order valence-electron chi connectivity index (χ1n) is 8.82. The van der Waals surface area contributed by atoms with Crippen molar-refractivity contribution >= 4 is 17.3 Å². The van der Waals surface area contributed by atoms with Crippen LogP contribution >= 0.6 is 0 Å². The molecule has 2 N–H and O–H groups in total. The third-order valence-electron chi connectivity index (χ3n) is 4.42. The molecule has 0 aromatic heterocycles. The molecule has 5 heteroatoms. The van der Waals surface area contributed by atoms with Gasteiger partial charge in [0, 0.05) is 23.0 Å². The molecule has 0 bridgehead atoms. The monoisotopic (exact) mass is 360 g/mol. The van der Waals surface area contributed by atoms with E-state index in [9.17, 15) is 4.79 Å². The van der Waals surface area contributed by atoms with Crippen LogP contribution in [0.2, 0.25) is 0 Å². The average molecular weight is 360 g/mol. The van der Waals surface area contributed by atoms with Gasteiger partial charge in [0.05, 0.1) is 0 Å². The first kappa shape index (κ1) is 17.0. The lowest BCUT2D eigenvalue weighted by molar-refractivity contribution is -0.116. The van der Waals surface area contributed by atoms with E-state index in [0.717, 1.165) is 28.3 Å². The summed E-state index contributed by atoms with van der Waals surface area (Å²) < 4.78 is 10.7. The van der Waals surface area contributed by atoms with Gasteiger partial charge in [0.25, 0.3) is 0 Å². The van der Waals surface area contributed by atoms with Crippen LogP contribution < -0.4 is 20.1 Å². The molecule has 1 aliphatic rings. The Morgan fingerprint density at radius 3 is 2.52 bits per heavy atom. The Hall–Kier alpha value is -3.47. The number of benzene rings is 3. The highest BCUT2D eigenvalue weighted by Gasteiger charge is 2.17. The zero-order chi connectivity index (χ0) is 18.6. The van der Waals surface area contributed by atoms with Gasteiger partial charge in [-0.05, 0) is 30.7 Å². The zero-order valence-corrected chi connectivity index (χ0v) is 14.9. The summed E-state index contributed by atoms with van der Waals surface area (Å²) in [6.07, 6.45) is 0. The van der Waals surface area contributed by atoms with Gasteiger partial charge in [-0.2, -0.15) is 0 Å². The second-order valence-corrected chi connectivity index (χ2v) is 6.33. The standard InChI is InChI=1S/C22H20N2O3/c1-15(23-17-11-12-20-21(13-17)27-14-26-20)22(25)24-19-10-6-5-9-18(19)16-7-3-2-4-8-16/h2-13,15,23H,14H2,1H3,(H,24,25)/t15-/m1/s1. The number of amides is 1. The number of anilines is 2. The highest BCUT2D eigenvalue weighted by Crippen LogP contribution is 2.34. The molecule has 1 heterocycles. The summed E-state index contributed by atoms with van der Waals surface area (Å²) in [4.78, 5) is 12.7. The molecule has 0 unspecified atom stereocenters. The molecule has 1 atom stereocenters. The molecule has 3 aromatic rings. The smallest absolute Gasteiger partial charge is 0.246 e. The minimum Gasteiger partial charge on any atom is -0.454 e. The third-order valence-corrected chi connectivity index (χ3v) is 4.42.